The fraction of sp³-hybridized carbons (Fsp3) is 0.353. The van der Waals surface area contributed by atoms with Gasteiger partial charge in [-0.1, -0.05) is 11.6 Å². The van der Waals surface area contributed by atoms with Gasteiger partial charge in [0, 0.05) is 18.7 Å². The highest BCUT2D eigenvalue weighted by molar-refractivity contribution is 7.89. The fourth-order valence-corrected chi connectivity index (χ4v) is 4.82. The van der Waals surface area contributed by atoms with E-state index >= 15 is 0 Å². The third kappa shape index (κ3) is 3.73. The molecule has 1 amide bonds. The largest absolute Gasteiger partial charge is 0.467 e. The molecule has 1 aromatic heterocycles. The number of nitrogens with zero attached hydrogens (tertiary/aromatic N) is 1. The molecule has 1 saturated heterocycles. The van der Waals surface area contributed by atoms with Crippen LogP contribution >= 0.6 is 11.6 Å². The zero-order chi connectivity index (χ0) is 18.0. The molecule has 1 atom stereocenters. The minimum absolute atomic E-state index is 0.0330. The molecular formula is C17H19ClN2O4S. The van der Waals surface area contributed by atoms with Crippen molar-refractivity contribution in [3.63, 3.8) is 0 Å². The zero-order valence-electron chi connectivity index (χ0n) is 13.7. The van der Waals surface area contributed by atoms with E-state index in [0.717, 1.165) is 12.8 Å². The molecule has 1 aliphatic heterocycles. The number of amides is 1. The van der Waals surface area contributed by atoms with Crippen molar-refractivity contribution in [3.8, 4) is 0 Å². The van der Waals surface area contributed by atoms with Gasteiger partial charge in [0.05, 0.1) is 17.3 Å². The van der Waals surface area contributed by atoms with Gasteiger partial charge in [0.25, 0.3) is 5.91 Å². The summed E-state index contributed by atoms with van der Waals surface area (Å²) in [6, 6.07) is 7.45. The smallest absolute Gasteiger partial charge is 0.251 e. The van der Waals surface area contributed by atoms with Gasteiger partial charge in [-0.15, -0.1) is 0 Å². The molecule has 1 N–H and O–H groups in total. The summed E-state index contributed by atoms with van der Waals surface area (Å²) >= 11 is 6.10. The van der Waals surface area contributed by atoms with Crippen LogP contribution < -0.4 is 5.32 Å². The Balaban J connectivity index is 1.85. The Hall–Kier alpha value is -1.83. The van der Waals surface area contributed by atoms with Crippen LogP contribution in [0.3, 0.4) is 0 Å². The maximum absolute atomic E-state index is 12.7. The lowest BCUT2D eigenvalue weighted by molar-refractivity contribution is 0.0935. The molecule has 1 aliphatic rings. The monoisotopic (exact) mass is 382 g/mol. The molecule has 3 rings (SSSR count). The Morgan fingerprint density at radius 1 is 1.28 bits per heavy atom. The van der Waals surface area contributed by atoms with Crippen LogP contribution in [0.1, 0.15) is 41.9 Å². The van der Waals surface area contributed by atoms with Gasteiger partial charge in [-0.2, -0.15) is 4.31 Å². The number of carbonyl (C=O) groups is 1. The number of benzene rings is 1. The van der Waals surface area contributed by atoms with Crippen LogP contribution in [0.25, 0.3) is 0 Å². The molecule has 0 spiro atoms. The lowest BCUT2D eigenvalue weighted by Crippen LogP contribution is -2.29. The van der Waals surface area contributed by atoms with Gasteiger partial charge in [-0.25, -0.2) is 8.42 Å². The van der Waals surface area contributed by atoms with E-state index in [4.69, 9.17) is 16.0 Å². The maximum Gasteiger partial charge on any atom is 0.251 e. The maximum atomic E-state index is 12.7. The number of sulfonamides is 1. The summed E-state index contributed by atoms with van der Waals surface area (Å²) in [5, 5.41) is 2.90. The SMILES string of the molecule is C[C@H](NC(=O)c1ccc(Cl)c(S(=O)(=O)N2CCCC2)c1)c1ccco1. The van der Waals surface area contributed by atoms with Gasteiger partial charge in [0.2, 0.25) is 10.0 Å². The molecule has 0 saturated carbocycles. The van der Waals surface area contributed by atoms with Crippen molar-refractivity contribution in [3.05, 3.63) is 52.9 Å². The number of hydrogen-bond donors (Lipinski definition) is 1. The van der Waals surface area contributed by atoms with E-state index in [2.05, 4.69) is 5.32 Å². The first-order valence-corrected chi connectivity index (χ1v) is 9.85. The first-order chi connectivity index (χ1) is 11.9. The van der Waals surface area contributed by atoms with Crippen LogP contribution in [0.5, 0.6) is 0 Å². The number of hydrogen-bond acceptors (Lipinski definition) is 4. The van der Waals surface area contributed by atoms with Crippen molar-refractivity contribution in [2.75, 3.05) is 13.1 Å². The molecule has 2 heterocycles. The third-order valence-electron chi connectivity index (χ3n) is 4.19. The Morgan fingerprint density at radius 2 is 2.00 bits per heavy atom. The normalized spacial score (nSPS) is 16.7. The van der Waals surface area contributed by atoms with E-state index < -0.39 is 15.9 Å². The average molecular weight is 383 g/mol. The van der Waals surface area contributed by atoms with E-state index in [1.54, 1.807) is 19.1 Å². The van der Waals surface area contributed by atoms with E-state index in [0.29, 0.717) is 18.8 Å². The van der Waals surface area contributed by atoms with Gasteiger partial charge in [-0.3, -0.25) is 4.79 Å². The van der Waals surface area contributed by atoms with Crippen molar-refractivity contribution in [2.45, 2.75) is 30.7 Å². The fourth-order valence-electron chi connectivity index (χ4n) is 2.80. The summed E-state index contributed by atoms with van der Waals surface area (Å²) in [4.78, 5) is 12.4. The number of carbonyl (C=O) groups excluding carboxylic acids is 1. The lowest BCUT2D eigenvalue weighted by Gasteiger charge is -2.17. The Kier molecular flexibility index (Phi) is 5.17. The lowest BCUT2D eigenvalue weighted by atomic mass is 10.2. The van der Waals surface area contributed by atoms with Gasteiger partial charge in [0.15, 0.2) is 0 Å². The summed E-state index contributed by atoms with van der Waals surface area (Å²) in [7, 11) is -3.69. The van der Waals surface area contributed by atoms with Gasteiger partial charge >= 0.3 is 0 Å². The second-order valence-electron chi connectivity index (χ2n) is 5.97. The predicted octanol–water partition coefficient (Wildman–Crippen LogP) is 3.21. The molecule has 6 nitrogen and oxygen atoms in total. The van der Waals surface area contributed by atoms with Crippen LogP contribution in [-0.4, -0.2) is 31.7 Å². The zero-order valence-corrected chi connectivity index (χ0v) is 15.3. The molecule has 1 aromatic carbocycles. The molecular weight excluding hydrogens is 364 g/mol. The molecule has 0 radical (unpaired) electrons. The average Bonchev–Trinajstić information content (AvgIpc) is 3.28. The van der Waals surface area contributed by atoms with Crippen LogP contribution in [0.2, 0.25) is 5.02 Å². The van der Waals surface area contributed by atoms with Crippen molar-refractivity contribution < 1.29 is 17.6 Å². The minimum Gasteiger partial charge on any atom is -0.467 e. The highest BCUT2D eigenvalue weighted by Gasteiger charge is 2.30. The van der Waals surface area contributed by atoms with Crippen LogP contribution in [0.4, 0.5) is 0 Å². The van der Waals surface area contributed by atoms with Crippen LogP contribution in [0, 0.1) is 0 Å². The van der Waals surface area contributed by atoms with E-state index in [-0.39, 0.29) is 21.5 Å². The van der Waals surface area contributed by atoms with Crippen LogP contribution in [-0.2, 0) is 10.0 Å². The van der Waals surface area contributed by atoms with Crippen molar-refractivity contribution in [1.82, 2.24) is 9.62 Å². The predicted molar refractivity (Wildman–Crippen MR) is 94.0 cm³/mol. The summed E-state index contributed by atoms with van der Waals surface area (Å²) in [5.74, 6) is 0.227. The number of nitrogens with one attached hydrogen (secondary N) is 1. The number of halogens is 1. The van der Waals surface area contributed by atoms with E-state index in [9.17, 15) is 13.2 Å². The molecule has 8 heteroatoms. The van der Waals surface area contributed by atoms with Crippen LogP contribution in [0.15, 0.2) is 45.9 Å². The minimum atomic E-state index is -3.69. The van der Waals surface area contributed by atoms with Gasteiger partial charge in [0.1, 0.15) is 10.7 Å². The summed E-state index contributed by atoms with van der Waals surface area (Å²) in [6.45, 7) is 2.74. The first-order valence-electron chi connectivity index (χ1n) is 8.03. The summed E-state index contributed by atoms with van der Waals surface area (Å²) < 4.78 is 32.1. The highest BCUT2D eigenvalue weighted by Crippen LogP contribution is 2.28. The topological polar surface area (TPSA) is 79.6 Å². The van der Waals surface area contributed by atoms with Gasteiger partial charge < -0.3 is 9.73 Å². The molecule has 2 aromatic rings. The summed E-state index contributed by atoms with van der Waals surface area (Å²) in [5.41, 5.74) is 0.237. The third-order valence-corrected chi connectivity index (χ3v) is 6.57. The Morgan fingerprint density at radius 3 is 2.64 bits per heavy atom. The standard InChI is InChI=1S/C17H19ClN2O4S/c1-12(15-5-4-10-24-15)19-17(21)13-6-7-14(18)16(11-13)25(22,23)20-8-2-3-9-20/h4-7,10-12H,2-3,8-9H2,1H3,(H,19,21)/t12-/m0/s1. The second kappa shape index (κ2) is 7.19. The molecule has 25 heavy (non-hydrogen) atoms. The second-order valence-corrected chi connectivity index (χ2v) is 8.28. The van der Waals surface area contributed by atoms with E-state index in [1.807, 2.05) is 0 Å². The molecule has 1 fully saturated rings. The molecule has 0 bridgehead atoms. The number of rotatable bonds is 5. The molecule has 134 valence electrons. The number of furan rings is 1. The Labute approximate surface area is 151 Å². The van der Waals surface area contributed by atoms with Crippen molar-refractivity contribution in [1.29, 1.82) is 0 Å². The van der Waals surface area contributed by atoms with Crippen molar-refractivity contribution in [2.24, 2.45) is 0 Å². The van der Waals surface area contributed by atoms with E-state index in [1.165, 1.54) is 28.8 Å². The first kappa shape index (κ1) is 18.0. The molecule has 0 aliphatic carbocycles. The van der Waals surface area contributed by atoms with Crippen molar-refractivity contribution >= 4 is 27.5 Å². The van der Waals surface area contributed by atoms with Gasteiger partial charge in [-0.05, 0) is 50.1 Å². The molecule has 0 unspecified atom stereocenters. The Bertz CT molecular complexity index is 859. The summed E-state index contributed by atoms with van der Waals surface area (Å²) in [6.07, 6.45) is 3.19. The highest BCUT2D eigenvalue weighted by atomic mass is 35.5. The quantitative estimate of drug-likeness (QED) is 0.861.